The largest absolute Gasteiger partial charge is 0.342 e. The normalized spacial score (nSPS) is 18.9. The number of likely N-dealkylation sites (tertiary alicyclic amines) is 2. The Bertz CT molecular complexity index is 1190. The Morgan fingerprint density at radius 1 is 0.941 bits per heavy atom. The number of aromatic nitrogens is 1. The molecule has 2 aromatic carbocycles. The average molecular weight is 461 g/mol. The van der Waals surface area contributed by atoms with Crippen molar-refractivity contribution in [2.45, 2.75) is 58.5 Å². The van der Waals surface area contributed by atoms with Crippen LogP contribution < -0.4 is 5.32 Å². The number of carbonyl (C=O) groups excluding carboxylic acids is 2. The molecule has 6 nitrogen and oxygen atoms in total. The van der Waals surface area contributed by atoms with Gasteiger partial charge in [-0.3, -0.25) is 14.5 Å². The Kier molecular flexibility index (Phi) is 6.59. The van der Waals surface area contributed by atoms with Crippen molar-refractivity contribution in [3.63, 3.8) is 0 Å². The maximum absolute atomic E-state index is 13.1. The Morgan fingerprint density at radius 3 is 2.38 bits per heavy atom. The molecule has 6 heteroatoms. The summed E-state index contributed by atoms with van der Waals surface area (Å²) in [6.07, 6.45) is 5.19. The number of aryl methyl sites for hydroxylation is 1. The SMILES string of the molecule is CCn1c2ccccc2c2cc(NC(=O)[C@H](C)N3CCC(C(=O)N4CCCCC4)CC3)ccc21. The van der Waals surface area contributed by atoms with Crippen molar-refractivity contribution in [1.82, 2.24) is 14.4 Å². The van der Waals surface area contributed by atoms with Gasteiger partial charge in [-0.1, -0.05) is 18.2 Å². The second-order valence-corrected chi connectivity index (χ2v) is 9.85. The van der Waals surface area contributed by atoms with E-state index in [1.54, 1.807) is 0 Å². The third kappa shape index (κ3) is 4.31. The van der Waals surface area contributed by atoms with Crippen LogP contribution in [0.1, 0.15) is 46.0 Å². The number of rotatable bonds is 5. The number of benzene rings is 2. The van der Waals surface area contributed by atoms with Crippen molar-refractivity contribution in [2.24, 2.45) is 5.92 Å². The Morgan fingerprint density at radius 2 is 1.65 bits per heavy atom. The summed E-state index contributed by atoms with van der Waals surface area (Å²) in [5.41, 5.74) is 3.24. The Balaban J connectivity index is 1.23. The monoisotopic (exact) mass is 460 g/mol. The molecule has 0 radical (unpaired) electrons. The molecule has 0 unspecified atom stereocenters. The van der Waals surface area contributed by atoms with Crippen LogP contribution in [0.2, 0.25) is 0 Å². The fourth-order valence-electron chi connectivity index (χ4n) is 5.79. The zero-order chi connectivity index (χ0) is 23.7. The molecular formula is C28H36N4O2. The smallest absolute Gasteiger partial charge is 0.241 e. The zero-order valence-electron chi connectivity index (χ0n) is 20.4. The number of hydrogen-bond acceptors (Lipinski definition) is 3. The lowest BCUT2D eigenvalue weighted by atomic mass is 9.93. The second-order valence-electron chi connectivity index (χ2n) is 9.85. The van der Waals surface area contributed by atoms with Crippen molar-refractivity contribution < 1.29 is 9.59 Å². The summed E-state index contributed by atoms with van der Waals surface area (Å²) >= 11 is 0. The van der Waals surface area contributed by atoms with Crippen LogP contribution in [0.4, 0.5) is 5.69 Å². The summed E-state index contributed by atoms with van der Waals surface area (Å²) in [6, 6.07) is 14.4. The fraction of sp³-hybridized carbons (Fsp3) is 0.500. The molecule has 0 aliphatic carbocycles. The number of nitrogens with one attached hydrogen (secondary N) is 1. The van der Waals surface area contributed by atoms with Gasteiger partial charge in [0.2, 0.25) is 11.8 Å². The zero-order valence-corrected chi connectivity index (χ0v) is 20.4. The summed E-state index contributed by atoms with van der Waals surface area (Å²) in [5.74, 6) is 0.457. The second kappa shape index (κ2) is 9.79. The minimum Gasteiger partial charge on any atom is -0.342 e. The lowest BCUT2D eigenvalue weighted by Gasteiger charge is -2.37. The van der Waals surface area contributed by atoms with Crippen LogP contribution in [-0.4, -0.2) is 58.4 Å². The van der Waals surface area contributed by atoms with Crippen LogP contribution in [-0.2, 0) is 16.1 Å². The standard InChI is InChI=1S/C28H36N4O2/c1-3-32-25-10-6-5-9-23(25)24-19-22(11-12-26(24)32)29-27(33)20(2)30-17-13-21(14-18-30)28(34)31-15-7-4-8-16-31/h5-6,9-12,19-21H,3-4,7-8,13-18H2,1-2H3,(H,29,33)/t20-/m0/s1. The van der Waals surface area contributed by atoms with Crippen molar-refractivity contribution in [1.29, 1.82) is 0 Å². The highest BCUT2D eigenvalue weighted by molar-refractivity contribution is 6.10. The molecule has 1 atom stereocenters. The molecule has 2 amide bonds. The van der Waals surface area contributed by atoms with Crippen molar-refractivity contribution >= 4 is 39.3 Å². The molecule has 3 aromatic rings. The molecular weight excluding hydrogens is 424 g/mol. The molecule has 0 spiro atoms. The van der Waals surface area contributed by atoms with Gasteiger partial charge >= 0.3 is 0 Å². The maximum Gasteiger partial charge on any atom is 0.241 e. The van der Waals surface area contributed by atoms with E-state index in [0.29, 0.717) is 5.91 Å². The van der Waals surface area contributed by atoms with Gasteiger partial charge in [0.1, 0.15) is 0 Å². The predicted octanol–water partition coefficient (Wildman–Crippen LogP) is 4.87. The van der Waals surface area contributed by atoms with Crippen LogP contribution in [0.5, 0.6) is 0 Å². The molecule has 2 fully saturated rings. The fourth-order valence-corrected chi connectivity index (χ4v) is 5.79. The van der Waals surface area contributed by atoms with Gasteiger partial charge in [0, 0.05) is 53.0 Å². The first kappa shape index (κ1) is 22.9. The summed E-state index contributed by atoms with van der Waals surface area (Å²) in [5, 5.41) is 5.52. The number of piperidine rings is 2. The molecule has 180 valence electrons. The van der Waals surface area contributed by atoms with Gasteiger partial charge in [-0.15, -0.1) is 0 Å². The molecule has 5 rings (SSSR count). The molecule has 2 aliphatic rings. The van der Waals surface area contributed by atoms with Crippen molar-refractivity contribution in [3.8, 4) is 0 Å². The minimum atomic E-state index is -0.223. The van der Waals surface area contributed by atoms with Crippen molar-refractivity contribution in [2.75, 3.05) is 31.5 Å². The average Bonchev–Trinajstić information content (AvgIpc) is 3.21. The van der Waals surface area contributed by atoms with Gasteiger partial charge in [-0.05, 0) is 83.3 Å². The molecule has 3 heterocycles. The molecule has 2 saturated heterocycles. The molecule has 0 saturated carbocycles. The summed E-state index contributed by atoms with van der Waals surface area (Å²) < 4.78 is 2.31. The number of nitrogens with zero attached hydrogens (tertiary/aromatic N) is 3. The van der Waals surface area contributed by atoms with Crippen LogP contribution in [0.3, 0.4) is 0 Å². The molecule has 1 aromatic heterocycles. The summed E-state index contributed by atoms with van der Waals surface area (Å²) in [6.45, 7) is 8.46. The van der Waals surface area contributed by atoms with E-state index in [1.807, 2.05) is 13.0 Å². The van der Waals surface area contributed by atoms with Crippen LogP contribution in [0.25, 0.3) is 21.8 Å². The van der Waals surface area contributed by atoms with Crippen molar-refractivity contribution in [3.05, 3.63) is 42.5 Å². The topological polar surface area (TPSA) is 57.6 Å². The summed E-state index contributed by atoms with van der Waals surface area (Å²) in [4.78, 5) is 30.2. The number of fused-ring (bicyclic) bond motifs is 3. The van der Waals surface area contributed by atoms with Gasteiger partial charge in [0.15, 0.2) is 0 Å². The third-order valence-electron chi connectivity index (χ3n) is 7.83. The van der Waals surface area contributed by atoms with E-state index in [9.17, 15) is 9.59 Å². The summed E-state index contributed by atoms with van der Waals surface area (Å²) in [7, 11) is 0. The van der Waals surface area contributed by atoms with E-state index in [2.05, 4.69) is 63.0 Å². The van der Waals surface area contributed by atoms with E-state index < -0.39 is 0 Å². The molecule has 0 bridgehead atoms. The molecule has 2 aliphatic heterocycles. The molecule has 34 heavy (non-hydrogen) atoms. The highest BCUT2D eigenvalue weighted by Crippen LogP contribution is 2.31. The van der Waals surface area contributed by atoms with Crippen LogP contribution >= 0.6 is 0 Å². The highest BCUT2D eigenvalue weighted by Gasteiger charge is 2.32. The van der Waals surface area contributed by atoms with Crippen LogP contribution in [0, 0.1) is 5.92 Å². The number of hydrogen-bond donors (Lipinski definition) is 1. The Hall–Kier alpha value is -2.86. The first-order chi connectivity index (χ1) is 16.6. The number of amides is 2. The van der Waals surface area contributed by atoms with E-state index >= 15 is 0 Å². The lowest BCUT2D eigenvalue weighted by molar-refractivity contribution is -0.138. The minimum absolute atomic E-state index is 0.0133. The predicted molar refractivity (Wildman–Crippen MR) is 138 cm³/mol. The van der Waals surface area contributed by atoms with E-state index in [4.69, 9.17) is 0 Å². The van der Waals surface area contributed by atoms with Gasteiger partial charge in [-0.2, -0.15) is 0 Å². The van der Waals surface area contributed by atoms with Gasteiger partial charge in [0.25, 0.3) is 0 Å². The third-order valence-corrected chi connectivity index (χ3v) is 7.83. The maximum atomic E-state index is 13.1. The Labute approximate surface area is 201 Å². The number of anilines is 1. The highest BCUT2D eigenvalue weighted by atomic mass is 16.2. The van der Waals surface area contributed by atoms with Gasteiger partial charge in [-0.25, -0.2) is 0 Å². The van der Waals surface area contributed by atoms with E-state index in [-0.39, 0.29) is 17.9 Å². The first-order valence-electron chi connectivity index (χ1n) is 12.9. The van der Waals surface area contributed by atoms with E-state index in [1.165, 1.54) is 28.2 Å². The molecule has 1 N–H and O–H groups in total. The number of para-hydroxylation sites is 1. The van der Waals surface area contributed by atoms with Gasteiger partial charge < -0.3 is 14.8 Å². The van der Waals surface area contributed by atoms with Crippen LogP contribution in [0.15, 0.2) is 42.5 Å². The number of carbonyl (C=O) groups is 2. The van der Waals surface area contributed by atoms with Gasteiger partial charge in [0.05, 0.1) is 6.04 Å². The first-order valence-corrected chi connectivity index (χ1v) is 12.9. The lowest BCUT2D eigenvalue weighted by Crippen LogP contribution is -2.49. The quantitative estimate of drug-likeness (QED) is 0.591. The van der Waals surface area contributed by atoms with E-state index in [0.717, 1.165) is 64.1 Å².